The van der Waals surface area contributed by atoms with Gasteiger partial charge in [0.2, 0.25) is 5.91 Å². The Morgan fingerprint density at radius 1 is 0.971 bits per heavy atom. The summed E-state index contributed by atoms with van der Waals surface area (Å²) in [6, 6.07) is 14.0. The highest BCUT2D eigenvalue weighted by atomic mass is 32.1. The summed E-state index contributed by atoms with van der Waals surface area (Å²) >= 11 is 1.54. The second kappa shape index (κ2) is 9.52. The summed E-state index contributed by atoms with van der Waals surface area (Å²) in [4.78, 5) is 34.6. The zero-order chi connectivity index (χ0) is 23.5. The van der Waals surface area contributed by atoms with Crippen molar-refractivity contribution in [1.82, 2.24) is 29.9 Å². The summed E-state index contributed by atoms with van der Waals surface area (Å²) in [6.07, 6.45) is 3.48. The normalized spacial score (nSPS) is 14.7. The van der Waals surface area contributed by atoms with Gasteiger partial charge in [0.15, 0.2) is 5.82 Å². The third kappa shape index (κ3) is 4.44. The van der Waals surface area contributed by atoms with E-state index >= 15 is 0 Å². The van der Waals surface area contributed by atoms with Gasteiger partial charge >= 0.3 is 0 Å². The maximum Gasteiger partial charge on any atom is 0.267 e. The van der Waals surface area contributed by atoms with E-state index in [2.05, 4.69) is 25.2 Å². The number of hydrogen-bond donors (Lipinski definition) is 0. The second-order valence-corrected chi connectivity index (χ2v) is 8.93. The fourth-order valence-corrected chi connectivity index (χ4v) is 4.64. The summed E-state index contributed by atoms with van der Waals surface area (Å²) < 4.78 is 1.28. The van der Waals surface area contributed by atoms with Crippen LogP contribution >= 0.6 is 11.3 Å². The van der Waals surface area contributed by atoms with Gasteiger partial charge in [-0.05, 0) is 48.7 Å². The SMILES string of the molecule is CC(C(=O)N1CCN(c2ccc(-c3cccnc3)nn2)CC1)n1nc(-c2cccs2)ccc1=O. The summed E-state index contributed by atoms with van der Waals surface area (Å²) in [5, 5.41) is 15.1. The highest BCUT2D eigenvalue weighted by Gasteiger charge is 2.27. The zero-order valence-electron chi connectivity index (χ0n) is 18.6. The van der Waals surface area contributed by atoms with Crippen LogP contribution in [0.15, 0.2) is 71.1 Å². The number of amides is 1. The van der Waals surface area contributed by atoms with E-state index in [4.69, 9.17) is 0 Å². The third-order valence-corrected chi connectivity index (χ3v) is 6.74. The standard InChI is InChI=1S/C24H23N7O2S/c1-17(31-23(32)9-7-20(28-31)21-5-3-15-34-21)24(33)30-13-11-29(12-14-30)22-8-6-19(26-27-22)18-4-2-10-25-16-18/h2-10,15-17H,11-14H2,1H3. The number of thiophene rings is 1. The van der Waals surface area contributed by atoms with Crippen molar-refractivity contribution in [3.8, 4) is 21.8 Å². The number of rotatable bonds is 5. The Bertz CT molecular complexity index is 1320. The predicted octanol–water partition coefficient (Wildman–Crippen LogP) is 2.73. The van der Waals surface area contributed by atoms with Gasteiger partial charge in [0.25, 0.3) is 5.56 Å². The first-order valence-electron chi connectivity index (χ1n) is 11.0. The maximum atomic E-state index is 13.2. The lowest BCUT2D eigenvalue weighted by Crippen LogP contribution is -2.51. The average Bonchev–Trinajstić information content (AvgIpc) is 3.44. The molecule has 0 spiro atoms. The minimum Gasteiger partial charge on any atom is -0.352 e. The quantitative estimate of drug-likeness (QED) is 0.440. The van der Waals surface area contributed by atoms with Gasteiger partial charge in [-0.1, -0.05) is 6.07 Å². The molecule has 5 heterocycles. The minimum atomic E-state index is -0.683. The number of nitrogens with zero attached hydrogens (tertiary/aromatic N) is 7. The molecule has 34 heavy (non-hydrogen) atoms. The first-order chi connectivity index (χ1) is 16.6. The first kappa shape index (κ1) is 21.9. The molecule has 4 aromatic rings. The summed E-state index contributed by atoms with van der Waals surface area (Å²) in [5.41, 5.74) is 2.08. The second-order valence-electron chi connectivity index (χ2n) is 7.99. The van der Waals surface area contributed by atoms with Gasteiger partial charge in [-0.15, -0.1) is 21.5 Å². The van der Waals surface area contributed by atoms with E-state index in [0.29, 0.717) is 31.9 Å². The minimum absolute atomic E-state index is 0.115. The molecule has 0 N–H and O–H groups in total. The van der Waals surface area contributed by atoms with Crippen LogP contribution in [0.3, 0.4) is 0 Å². The monoisotopic (exact) mass is 473 g/mol. The number of aromatic nitrogens is 5. The highest BCUT2D eigenvalue weighted by molar-refractivity contribution is 7.13. The van der Waals surface area contributed by atoms with E-state index in [1.54, 1.807) is 41.6 Å². The molecule has 0 radical (unpaired) electrons. The Morgan fingerprint density at radius 2 is 1.79 bits per heavy atom. The fraction of sp³-hybridized carbons (Fsp3) is 0.250. The van der Waals surface area contributed by atoms with Gasteiger partial charge < -0.3 is 9.80 Å². The van der Waals surface area contributed by atoms with Crippen molar-refractivity contribution < 1.29 is 4.79 Å². The largest absolute Gasteiger partial charge is 0.352 e. The summed E-state index contributed by atoms with van der Waals surface area (Å²) in [6.45, 7) is 4.07. The van der Waals surface area contributed by atoms with Crippen LogP contribution in [0.2, 0.25) is 0 Å². The molecule has 1 saturated heterocycles. The van der Waals surface area contributed by atoms with E-state index < -0.39 is 6.04 Å². The molecule has 1 atom stereocenters. The molecule has 9 nitrogen and oxygen atoms in total. The molecular weight excluding hydrogens is 450 g/mol. The van der Waals surface area contributed by atoms with Gasteiger partial charge in [-0.3, -0.25) is 14.6 Å². The van der Waals surface area contributed by atoms with Crippen molar-refractivity contribution in [3.05, 3.63) is 76.7 Å². The van der Waals surface area contributed by atoms with Crippen LogP contribution < -0.4 is 10.5 Å². The van der Waals surface area contributed by atoms with Gasteiger partial charge in [0, 0.05) is 50.2 Å². The molecule has 1 amide bonds. The van der Waals surface area contributed by atoms with Crippen molar-refractivity contribution in [2.75, 3.05) is 31.1 Å². The van der Waals surface area contributed by atoms with Gasteiger partial charge in [-0.2, -0.15) is 5.10 Å². The molecule has 0 aliphatic carbocycles. The number of piperazine rings is 1. The number of hydrogen-bond acceptors (Lipinski definition) is 8. The first-order valence-corrected chi connectivity index (χ1v) is 11.9. The average molecular weight is 474 g/mol. The van der Waals surface area contributed by atoms with Crippen LogP contribution in [0.4, 0.5) is 5.82 Å². The van der Waals surface area contributed by atoms with Gasteiger partial charge in [0.05, 0.1) is 10.6 Å². The highest BCUT2D eigenvalue weighted by Crippen LogP contribution is 2.22. The molecule has 1 aliphatic rings. The number of carbonyl (C=O) groups excluding carboxylic acids is 1. The molecule has 0 bridgehead atoms. The van der Waals surface area contributed by atoms with Crippen LogP contribution in [0.25, 0.3) is 21.8 Å². The number of pyridine rings is 1. The van der Waals surface area contributed by atoms with Crippen LogP contribution in [0, 0.1) is 0 Å². The molecule has 10 heteroatoms. The molecule has 5 rings (SSSR count). The molecular formula is C24H23N7O2S. The Morgan fingerprint density at radius 3 is 2.47 bits per heavy atom. The van der Waals surface area contributed by atoms with Crippen molar-refractivity contribution in [1.29, 1.82) is 0 Å². The fourth-order valence-electron chi connectivity index (χ4n) is 3.95. The molecule has 0 saturated carbocycles. The molecule has 1 unspecified atom stereocenters. The van der Waals surface area contributed by atoms with Crippen molar-refractivity contribution >= 4 is 23.1 Å². The zero-order valence-corrected chi connectivity index (χ0v) is 19.4. The molecule has 1 fully saturated rings. The lowest BCUT2D eigenvalue weighted by molar-refractivity contribution is -0.135. The van der Waals surface area contributed by atoms with Crippen LogP contribution in [0.1, 0.15) is 13.0 Å². The number of carbonyl (C=O) groups is 1. The van der Waals surface area contributed by atoms with E-state index in [1.165, 1.54) is 10.7 Å². The van der Waals surface area contributed by atoms with Gasteiger partial charge in [-0.25, -0.2) is 4.68 Å². The number of anilines is 1. The van der Waals surface area contributed by atoms with E-state index in [1.807, 2.05) is 41.8 Å². The molecule has 0 aromatic carbocycles. The lowest BCUT2D eigenvalue weighted by Gasteiger charge is -2.36. The van der Waals surface area contributed by atoms with Crippen LogP contribution in [-0.2, 0) is 4.79 Å². The smallest absolute Gasteiger partial charge is 0.267 e. The van der Waals surface area contributed by atoms with E-state index in [-0.39, 0.29) is 11.5 Å². The predicted molar refractivity (Wildman–Crippen MR) is 131 cm³/mol. The van der Waals surface area contributed by atoms with Crippen molar-refractivity contribution in [3.63, 3.8) is 0 Å². The lowest BCUT2D eigenvalue weighted by atomic mass is 10.2. The Hall–Kier alpha value is -3.92. The van der Waals surface area contributed by atoms with Crippen LogP contribution in [0.5, 0.6) is 0 Å². The van der Waals surface area contributed by atoms with E-state index in [0.717, 1.165) is 22.0 Å². The van der Waals surface area contributed by atoms with Gasteiger partial charge in [0.1, 0.15) is 11.7 Å². The Kier molecular flexibility index (Phi) is 6.13. The topological polar surface area (TPSA) is 97.1 Å². The molecule has 4 aromatic heterocycles. The maximum absolute atomic E-state index is 13.2. The third-order valence-electron chi connectivity index (χ3n) is 5.85. The van der Waals surface area contributed by atoms with Crippen molar-refractivity contribution in [2.45, 2.75) is 13.0 Å². The Labute approximate surface area is 200 Å². The van der Waals surface area contributed by atoms with Crippen LogP contribution in [-0.4, -0.2) is 61.9 Å². The van der Waals surface area contributed by atoms with E-state index in [9.17, 15) is 9.59 Å². The molecule has 1 aliphatic heterocycles. The summed E-state index contributed by atoms with van der Waals surface area (Å²) in [7, 11) is 0. The van der Waals surface area contributed by atoms with Crippen molar-refractivity contribution in [2.24, 2.45) is 0 Å². The summed E-state index contributed by atoms with van der Waals surface area (Å²) in [5.74, 6) is 0.657. The Balaban J connectivity index is 1.24. The molecule has 172 valence electrons.